The Hall–Kier alpha value is -2.06. The summed E-state index contributed by atoms with van der Waals surface area (Å²) in [6, 6.07) is 0. The van der Waals surface area contributed by atoms with Gasteiger partial charge < -0.3 is 19.3 Å². The van der Waals surface area contributed by atoms with Gasteiger partial charge in [-0.25, -0.2) is 4.98 Å². The summed E-state index contributed by atoms with van der Waals surface area (Å²) in [6.07, 6.45) is 6.68. The molecule has 0 atom stereocenters. The first-order valence-corrected chi connectivity index (χ1v) is 10.2. The minimum atomic E-state index is -0.482. The minimum Gasteiger partial charge on any atom is -0.347 e. The van der Waals surface area contributed by atoms with E-state index in [0.29, 0.717) is 64.3 Å². The molecule has 1 aromatic heterocycles. The average Bonchev–Trinajstić information content (AvgIpc) is 3.16. The number of amides is 2. The second kappa shape index (κ2) is 9.43. The van der Waals surface area contributed by atoms with Crippen LogP contribution in [0.2, 0.25) is 0 Å². The second-order valence-corrected chi connectivity index (χ2v) is 7.43. The van der Waals surface area contributed by atoms with Crippen molar-refractivity contribution < 1.29 is 19.1 Å². The number of piperidine rings is 1. The third-order valence-corrected chi connectivity index (χ3v) is 5.36. The smallest absolute Gasteiger partial charge is 0.274 e. The van der Waals surface area contributed by atoms with Crippen LogP contribution >= 0.6 is 0 Å². The average molecular weight is 390 g/mol. The van der Waals surface area contributed by atoms with E-state index in [1.807, 2.05) is 11.8 Å². The maximum atomic E-state index is 12.8. The molecule has 3 heterocycles. The molecule has 2 amide bonds. The Morgan fingerprint density at radius 1 is 1.14 bits per heavy atom. The van der Waals surface area contributed by atoms with Gasteiger partial charge in [0, 0.05) is 51.6 Å². The van der Waals surface area contributed by atoms with Crippen LogP contribution in [0.15, 0.2) is 12.4 Å². The summed E-state index contributed by atoms with van der Waals surface area (Å²) in [4.78, 5) is 37.4. The molecule has 0 aromatic carbocycles. The Labute approximate surface area is 166 Å². The van der Waals surface area contributed by atoms with Gasteiger partial charge in [0.25, 0.3) is 5.91 Å². The van der Waals surface area contributed by atoms with Crippen molar-refractivity contribution in [1.82, 2.24) is 19.8 Å². The van der Waals surface area contributed by atoms with Crippen LogP contribution in [0.25, 0.3) is 0 Å². The van der Waals surface area contributed by atoms with Crippen molar-refractivity contribution in [2.45, 2.75) is 51.7 Å². The summed E-state index contributed by atoms with van der Waals surface area (Å²) >= 11 is 0. The molecule has 1 spiro atoms. The van der Waals surface area contributed by atoms with Crippen molar-refractivity contribution in [2.75, 3.05) is 39.4 Å². The molecule has 0 N–H and O–H groups in total. The Morgan fingerprint density at radius 3 is 2.46 bits per heavy atom. The van der Waals surface area contributed by atoms with E-state index >= 15 is 0 Å². The van der Waals surface area contributed by atoms with Gasteiger partial charge in [0.15, 0.2) is 5.79 Å². The van der Waals surface area contributed by atoms with E-state index in [4.69, 9.17) is 9.47 Å². The normalized spacial score (nSPS) is 18.4. The molecule has 154 valence electrons. The number of unbranched alkanes of at least 4 members (excludes halogenated alkanes) is 1. The van der Waals surface area contributed by atoms with Crippen LogP contribution in [0.5, 0.6) is 0 Å². The zero-order valence-electron chi connectivity index (χ0n) is 16.9. The maximum Gasteiger partial charge on any atom is 0.274 e. The van der Waals surface area contributed by atoms with Crippen LogP contribution in [-0.2, 0) is 14.3 Å². The van der Waals surface area contributed by atoms with E-state index in [1.165, 1.54) is 6.20 Å². The zero-order chi connectivity index (χ0) is 20.0. The zero-order valence-corrected chi connectivity index (χ0v) is 16.9. The van der Waals surface area contributed by atoms with Gasteiger partial charge in [-0.1, -0.05) is 13.3 Å². The van der Waals surface area contributed by atoms with Gasteiger partial charge in [-0.2, -0.15) is 0 Å². The van der Waals surface area contributed by atoms with Crippen molar-refractivity contribution in [1.29, 1.82) is 0 Å². The second-order valence-electron chi connectivity index (χ2n) is 7.43. The number of hydrogen-bond donors (Lipinski definition) is 0. The highest BCUT2D eigenvalue weighted by atomic mass is 16.7. The number of nitrogens with zero attached hydrogens (tertiary/aromatic N) is 4. The maximum absolute atomic E-state index is 12.8. The lowest BCUT2D eigenvalue weighted by Crippen LogP contribution is -2.48. The molecule has 2 fully saturated rings. The number of likely N-dealkylation sites (tertiary alicyclic amines) is 1. The number of carbonyl (C=O) groups is 2. The van der Waals surface area contributed by atoms with Crippen LogP contribution in [0.1, 0.15) is 55.2 Å². The lowest BCUT2D eigenvalue weighted by Gasteiger charge is -2.37. The van der Waals surface area contributed by atoms with Crippen molar-refractivity contribution in [3.05, 3.63) is 23.8 Å². The number of aryl methyl sites for hydroxylation is 1. The first-order chi connectivity index (χ1) is 13.5. The highest BCUT2D eigenvalue weighted by molar-refractivity contribution is 5.92. The van der Waals surface area contributed by atoms with Gasteiger partial charge in [-0.15, -0.1) is 0 Å². The standard InChI is InChI=1S/C20H30N4O4/c1-3-4-8-24(19(26)17-15-21-16(2)14-22-17)9-5-18(25)23-10-6-20(7-11-23)27-12-13-28-20/h14-15H,3-13H2,1-2H3. The Balaban J connectivity index is 1.53. The highest BCUT2D eigenvalue weighted by Gasteiger charge is 2.40. The van der Waals surface area contributed by atoms with Gasteiger partial charge in [0.2, 0.25) is 5.91 Å². The van der Waals surface area contributed by atoms with Gasteiger partial charge in [0.1, 0.15) is 5.69 Å². The Morgan fingerprint density at radius 2 is 1.86 bits per heavy atom. The summed E-state index contributed by atoms with van der Waals surface area (Å²) in [5.41, 5.74) is 1.09. The van der Waals surface area contributed by atoms with Gasteiger partial charge in [-0.05, 0) is 13.3 Å². The van der Waals surface area contributed by atoms with Crippen LogP contribution in [0.4, 0.5) is 0 Å². The number of ether oxygens (including phenoxy) is 2. The summed E-state index contributed by atoms with van der Waals surface area (Å²) in [5, 5.41) is 0. The number of hydrogen-bond acceptors (Lipinski definition) is 6. The van der Waals surface area contributed by atoms with Crippen molar-refractivity contribution in [3.8, 4) is 0 Å². The minimum absolute atomic E-state index is 0.0668. The quantitative estimate of drug-likeness (QED) is 0.706. The van der Waals surface area contributed by atoms with Crippen LogP contribution in [-0.4, -0.2) is 76.8 Å². The molecule has 8 heteroatoms. The van der Waals surface area contributed by atoms with E-state index in [0.717, 1.165) is 18.5 Å². The van der Waals surface area contributed by atoms with Gasteiger partial charge in [-0.3, -0.25) is 14.6 Å². The molecule has 2 saturated heterocycles. The third kappa shape index (κ3) is 5.05. The van der Waals surface area contributed by atoms with Crippen LogP contribution in [0, 0.1) is 6.92 Å². The van der Waals surface area contributed by atoms with E-state index in [2.05, 4.69) is 16.9 Å². The van der Waals surface area contributed by atoms with E-state index in [9.17, 15) is 9.59 Å². The third-order valence-electron chi connectivity index (χ3n) is 5.36. The number of carbonyl (C=O) groups excluding carboxylic acids is 2. The molecule has 0 saturated carbocycles. The summed E-state index contributed by atoms with van der Waals surface area (Å²) in [5.74, 6) is -0.583. The van der Waals surface area contributed by atoms with E-state index in [-0.39, 0.29) is 11.8 Å². The fraction of sp³-hybridized carbons (Fsp3) is 0.700. The predicted octanol–water partition coefficient (Wildman–Crippen LogP) is 1.78. The molecule has 3 rings (SSSR count). The Bertz CT molecular complexity index is 663. The largest absolute Gasteiger partial charge is 0.347 e. The summed E-state index contributed by atoms with van der Waals surface area (Å²) in [7, 11) is 0. The van der Waals surface area contributed by atoms with E-state index < -0.39 is 5.79 Å². The molecule has 0 bridgehead atoms. The highest BCUT2D eigenvalue weighted by Crippen LogP contribution is 2.31. The topological polar surface area (TPSA) is 84.9 Å². The van der Waals surface area contributed by atoms with Crippen LogP contribution in [0.3, 0.4) is 0 Å². The number of aromatic nitrogens is 2. The molecule has 0 unspecified atom stereocenters. The van der Waals surface area contributed by atoms with Crippen LogP contribution < -0.4 is 0 Å². The molecule has 1 aromatic rings. The molecule has 2 aliphatic heterocycles. The van der Waals surface area contributed by atoms with Crippen molar-refractivity contribution >= 4 is 11.8 Å². The fourth-order valence-corrected chi connectivity index (χ4v) is 3.60. The molecule has 0 aliphatic carbocycles. The van der Waals surface area contributed by atoms with Crippen molar-refractivity contribution in [3.63, 3.8) is 0 Å². The predicted molar refractivity (Wildman–Crippen MR) is 103 cm³/mol. The molecular weight excluding hydrogens is 360 g/mol. The first-order valence-electron chi connectivity index (χ1n) is 10.2. The monoisotopic (exact) mass is 390 g/mol. The van der Waals surface area contributed by atoms with Gasteiger partial charge >= 0.3 is 0 Å². The molecule has 28 heavy (non-hydrogen) atoms. The molecule has 8 nitrogen and oxygen atoms in total. The first kappa shape index (κ1) is 20.7. The summed E-state index contributed by atoms with van der Waals surface area (Å²) < 4.78 is 11.4. The summed E-state index contributed by atoms with van der Waals surface area (Å²) in [6.45, 7) is 7.44. The Kier molecular flexibility index (Phi) is 6.96. The van der Waals surface area contributed by atoms with Crippen molar-refractivity contribution in [2.24, 2.45) is 0 Å². The molecule has 2 aliphatic rings. The fourth-order valence-electron chi connectivity index (χ4n) is 3.60. The lowest BCUT2D eigenvalue weighted by atomic mass is 10.0. The van der Waals surface area contributed by atoms with Gasteiger partial charge in [0.05, 0.1) is 25.1 Å². The number of rotatable bonds is 7. The molecule has 0 radical (unpaired) electrons. The lowest BCUT2D eigenvalue weighted by molar-refractivity contribution is -0.187. The SMILES string of the molecule is CCCCN(CCC(=O)N1CCC2(CC1)OCCO2)C(=O)c1cnc(C)cn1. The van der Waals surface area contributed by atoms with E-state index in [1.54, 1.807) is 11.1 Å². The molecular formula is C20H30N4O4.